The molecule has 2 rings (SSSR count). The highest BCUT2D eigenvalue weighted by molar-refractivity contribution is 9.10. The van der Waals surface area contributed by atoms with Gasteiger partial charge in [-0.1, -0.05) is 60.1 Å². The summed E-state index contributed by atoms with van der Waals surface area (Å²) in [4.78, 5) is 14.8. The number of carbonyl (C=O) groups excluding carboxylic acids is 1. The third-order valence-corrected chi connectivity index (χ3v) is 5.21. The summed E-state index contributed by atoms with van der Waals surface area (Å²) < 4.78 is 6.62. The van der Waals surface area contributed by atoms with E-state index in [2.05, 4.69) is 41.2 Å². The predicted octanol–water partition coefficient (Wildman–Crippen LogP) is 5.30. The van der Waals surface area contributed by atoms with Gasteiger partial charge >= 0.3 is 0 Å². The van der Waals surface area contributed by atoms with Crippen LogP contribution in [0.25, 0.3) is 0 Å². The molecule has 0 fully saturated rings. The number of halogens is 1. The highest BCUT2D eigenvalue weighted by atomic mass is 79.9. The molecule has 2 aromatic rings. The Morgan fingerprint density at radius 2 is 2.00 bits per heavy atom. The van der Waals surface area contributed by atoms with E-state index in [1.165, 1.54) is 0 Å². The van der Waals surface area contributed by atoms with E-state index in [4.69, 9.17) is 22.2 Å². The van der Waals surface area contributed by atoms with Gasteiger partial charge < -0.3 is 9.64 Å². The highest BCUT2D eigenvalue weighted by Crippen LogP contribution is 2.24. The van der Waals surface area contributed by atoms with Crippen LogP contribution in [0.2, 0.25) is 0 Å². The maximum atomic E-state index is 13.0. The molecule has 2 aromatic carbocycles. The zero-order chi connectivity index (χ0) is 21.9. The van der Waals surface area contributed by atoms with Gasteiger partial charge in [0.05, 0.1) is 24.7 Å². The van der Waals surface area contributed by atoms with Gasteiger partial charge in [0, 0.05) is 17.6 Å². The van der Waals surface area contributed by atoms with Crippen LogP contribution in [0.5, 0.6) is 5.75 Å². The average molecular weight is 488 g/mol. The summed E-state index contributed by atoms with van der Waals surface area (Å²) >= 11 is 8.91. The van der Waals surface area contributed by atoms with Gasteiger partial charge in [-0.2, -0.15) is 5.26 Å². The number of amides is 1. The number of thiocarbonyl (C=S) groups is 1. The van der Waals surface area contributed by atoms with E-state index in [-0.39, 0.29) is 11.0 Å². The topological polar surface area (TPSA) is 65.4 Å². The number of hydrogen-bond acceptors (Lipinski definition) is 4. The third kappa shape index (κ3) is 7.77. The highest BCUT2D eigenvalue weighted by Gasteiger charge is 2.18. The van der Waals surface area contributed by atoms with E-state index in [0.29, 0.717) is 43.3 Å². The van der Waals surface area contributed by atoms with Crippen molar-refractivity contribution in [3.63, 3.8) is 0 Å². The monoisotopic (exact) mass is 487 g/mol. The summed E-state index contributed by atoms with van der Waals surface area (Å²) in [6.45, 7) is 5.73. The predicted molar refractivity (Wildman–Crippen MR) is 126 cm³/mol. The summed E-state index contributed by atoms with van der Waals surface area (Å²) in [5.74, 6) is 0.693. The first-order chi connectivity index (χ1) is 14.4. The zero-order valence-electron chi connectivity index (χ0n) is 17.2. The van der Waals surface area contributed by atoms with Gasteiger partial charge in [0.2, 0.25) is 0 Å². The molecule has 1 amide bonds. The van der Waals surface area contributed by atoms with E-state index in [0.717, 1.165) is 16.5 Å². The van der Waals surface area contributed by atoms with Crippen LogP contribution in [-0.2, 0) is 6.54 Å². The van der Waals surface area contributed by atoms with Gasteiger partial charge in [0.15, 0.2) is 5.11 Å². The molecule has 5 nitrogen and oxygen atoms in total. The summed E-state index contributed by atoms with van der Waals surface area (Å²) in [5, 5.41) is 12.1. The van der Waals surface area contributed by atoms with Gasteiger partial charge in [-0.3, -0.25) is 10.1 Å². The van der Waals surface area contributed by atoms with E-state index >= 15 is 0 Å². The van der Waals surface area contributed by atoms with Crippen LogP contribution >= 0.6 is 28.1 Å². The second kappa shape index (κ2) is 12.3. The first-order valence-electron chi connectivity index (χ1n) is 9.84. The molecular formula is C23H26BrN3O2S. The third-order valence-electron chi connectivity index (χ3n) is 4.36. The number of benzene rings is 2. The van der Waals surface area contributed by atoms with Crippen LogP contribution in [0.3, 0.4) is 0 Å². The van der Waals surface area contributed by atoms with Crippen LogP contribution in [0, 0.1) is 17.2 Å². The van der Waals surface area contributed by atoms with Crippen molar-refractivity contribution in [1.29, 1.82) is 5.26 Å². The Bertz CT molecular complexity index is 897. The molecule has 7 heteroatoms. The fourth-order valence-electron chi connectivity index (χ4n) is 2.69. The Morgan fingerprint density at radius 1 is 1.27 bits per heavy atom. The fraction of sp³-hybridized carbons (Fsp3) is 0.348. The van der Waals surface area contributed by atoms with Crippen molar-refractivity contribution in [3.8, 4) is 11.8 Å². The van der Waals surface area contributed by atoms with Crippen LogP contribution in [0.1, 0.15) is 42.6 Å². The quantitative estimate of drug-likeness (QED) is 0.485. The van der Waals surface area contributed by atoms with Crippen molar-refractivity contribution in [2.24, 2.45) is 5.92 Å². The zero-order valence-corrected chi connectivity index (χ0v) is 19.6. The molecule has 0 saturated carbocycles. The maximum Gasteiger partial charge on any atom is 0.261 e. The summed E-state index contributed by atoms with van der Waals surface area (Å²) in [7, 11) is 0. The lowest BCUT2D eigenvalue weighted by molar-refractivity contribution is 0.0968. The number of nitrogens with one attached hydrogen (secondary N) is 1. The molecule has 158 valence electrons. The second-order valence-corrected chi connectivity index (χ2v) is 8.55. The molecule has 1 N–H and O–H groups in total. The Balaban J connectivity index is 2.12. The molecule has 0 unspecified atom stereocenters. The number of nitriles is 1. The van der Waals surface area contributed by atoms with Crippen LogP contribution in [-0.4, -0.2) is 29.1 Å². The van der Waals surface area contributed by atoms with Gasteiger partial charge in [-0.05, 0) is 48.3 Å². The lowest BCUT2D eigenvalue weighted by atomic mass is 10.1. The van der Waals surface area contributed by atoms with Crippen molar-refractivity contribution < 1.29 is 9.53 Å². The van der Waals surface area contributed by atoms with Crippen molar-refractivity contribution in [1.82, 2.24) is 10.2 Å². The van der Waals surface area contributed by atoms with Gasteiger partial charge in [0.25, 0.3) is 5.91 Å². The Morgan fingerprint density at radius 3 is 2.67 bits per heavy atom. The largest absolute Gasteiger partial charge is 0.493 e. The molecule has 0 spiro atoms. The van der Waals surface area contributed by atoms with Crippen molar-refractivity contribution in [2.75, 3.05) is 13.2 Å². The first kappa shape index (κ1) is 23.8. The van der Waals surface area contributed by atoms with E-state index in [9.17, 15) is 4.79 Å². The number of nitrogens with zero attached hydrogens (tertiary/aromatic N) is 2. The molecule has 0 aliphatic heterocycles. The maximum absolute atomic E-state index is 13.0. The number of rotatable bonds is 9. The van der Waals surface area contributed by atoms with Crippen LogP contribution in [0.15, 0.2) is 53.0 Å². The summed E-state index contributed by atoms with van der Waals surface area (Å²) in [5.41, 5.74) is 1.46. The van der Waals surface area contributed by atoms with Gasteiger partial charge in [0.1, 0.15) is 5.75 Å². The molecule has 0 atom stereocenters. The molecular weight excluding hydrogens is 462 g/mol. The number of carbonyl (C=O) groups is 1. The van der Waals surface area contributed by atoms with Gasteiger partial charge in [-0.25, -0.2) is 0 Å². The molecule has 0 saturated heterocycles. The second-order valence-electron chi connectivity index (χ2n) is 7.25. The van der Waals surface area contributed by atoms with Crippen molar-refractivity contribution >= 4 is 39.2 Å². The van der Waals surface area contributed by atoms with Gasteiger partial charge in [-0.15, -0.1) is 0 Å². The fourth-order valence-corrected chi connectivity index (χ4v) is 3.30. The molecule has 30 heavy (non-hydrogen) atoms. The minimum Gasteiger partial charge on any atom is -0.493 e. The average Bonchev–Trinajstić information content (AvgIpc) is 2.72. The summed E-state index contributed by atoms with van der Waals surface area (Å²) in [6, 6.07) is 17.3. The molecule has 0 heterocycles. The molecule has 0 aromatic heterocycles. The van der Waals surface area contributed by atoms with E-state index in [1.807, 2.05) is 41.3 Å². The Labute approximate surface area is 192 Å². The number of hydrogen-bond donors (Lipinski definition) is 1. The van der Waals surface area contributed by atoms with Crippen molar-refractivity contribution in [3.05, 3.63) is 64.1 Å². The molecule has 0 radical (unpaired) electrons. The minimum absolute atomic E-state index is 0.284. The van der Waals surface area contributed by atoms with Crippen molar-refractivity contribution in [2.45, 2.75) is 33.2 Å². The lowest BCUT2D eigenvalue weighted by Gasteiger charge is -2.25. The Kier molecular flexibility index (Phi) is 9.78. The van der Waals surface area contributed by atoms with E-state index < -0.39 is 0 Å². The van der Waals surface area contributed by atoms with E-state index in [1.54, 1.807) is 12.1 Å². The summed E-state index contributed by atoms with van der Waals surface area (Å²) in [6.07, 6.45) is 1.21. The molecule has 0 bridgehead atoms. The SMILES string of the molecule is CC(C)CCOc1ccc(Br)cc1C(=O)NC(=S)N(CCC#N)Cc1ccccc1. The first-order valence-corrected chi connectivity index (χ1v) is 11.0. The number of ether oxygens (including phenoxy) is 1. The molecule has 0 aliphatic carbocycles. The minimum atomic E-state index is -0.337. The molecule has 0 aliphatic rings. The lowest BCUT2D eigenvalue weighted by Crippen LogP contribution is -2.42. The smallest absolute Gasteiger partial charge is 0.261 e. The standard InChI is InChI=1S/C23H26BrN3O2S/c1-17(2)11-14-29-21-10-9-19(24)15-20(21)22(28)26-23(30)27(13-6-12-25)16-18-7-4-3-5-8-18/h3-5,7-10,15,17H,6,11,13-14,16H2,1-2H3,(H,26,28,30). The Hall–Kier alpha value is -2.43. The normalized spacial score (nSPS) is 10.4. The van der Waals surface area contributed by atoms with Crippen LogP contribution < -0.4 is 10.1 Å². The van der Waals surface area contributed by atoms with Crippen LogP contribution in [0.4, 0.5) is 0 Å².